The molecule has 2 aromatic heterocycles. The van der Waals surface area contributed by atoms with Gasteiger partial charge in [-0.2, -0.15) is 5.10 Å². The quantitative estimate of drug-likeness (QED) is 0.306. The molecule has 4 atom stereocenters. The minimum absolute atomic E-state index is 0.209. The number of nitrogens with zero attached hydrogens (tertiary/aromatic N) is 3. The third-order valence-electron chi connectivity index (χ3n) is 5.74. The number of halogens is 1. The lowest BCUT2D eigenvalue weighted by molar-refractivity contribution is -0.0264. The van der Waals surface area contributed by atoms with Crippen molar-refractivity contribution in [3.8, 4) is 0 Å². The van der Waals surface area contributed by atoms with Gasteiger partial charge in [0.25, 0.3) is 0 Å². The van der Waals surface area contributed by atoms with Crippen LogP contribution in [0.3, 0.4) is 0 Å². The number of carbonyl (C=O) groups excluding carboxylic acids is 2. The van der Waals surface area contributed by atoms with Crippen LogP contribution in [0, 0.1) is 0 Å². The van der Waals surface area contributed by atoms with Gasteiger partial charge in [-0.25, -0.2) is 14.6 Å². The maximum Gasteiger partial charge on any atom is 0.412 e. The van der Waals surface area contributed by atoms with Crippen LogP contribution in [0.2, 0.25) is 0 Å². The van der Waals surface area contributed by atoms with E-state index in [0.29, 0.717) is 33.1 Å². The lowest BCUT2D eigenvalue weighted by atomic mass is 10.0. The molecule has 224 valence electrons. The standard InChI is InChI=1S/C25H39BrN6O7S/c1-24(2,3)38-22(34)29-13-9-10-15(37-12-16(13)36-8)18-14(11-27-32(18)7)28-19(33)17-20(40-21(26)30-17)31-23(35)39-25(4,5)6/h11,13,15-16,19,28,33H,9-10,12H2,1-8H3,(H,29,34)(H,31,35)/t13-,15+,16+,19?/m1/s1. The van der Waals surface area contributed by atoms with E-state index in [1.807, 2.05) is 0 Å². The number of aliphatic hydroxyl groups is 1. The van der Waals surface area contributed by atoms with Gasteiger partial charge in [0.1, 0.15) is 34.1 Å². The Morgan fingerprint density at radius 2 is 1.82 bits per heavy atom. The van der Waals surface area contributed by atoms with Gasteiger partial charge < -0.3 is 34.7 Å². The van der Waals surface area contributed by atoms with Gasteiger partial charge in [-0.1, -0.05) is 11.3 Å². The third kappa shape index (κ3) is 9.03. The number of nitrogens with one attached hydrogen (secondary N) is 3. The molecule has 13 nitrogen and oxygen atoms in total. The van der Waals surface area contributed by atoms with E-state index in [-0.39, 0.29) is 24.4 Å². The van der Waals surface area contributed by atoms with Crippen LogP contribution in [0.4, 0.5) is 20.3 Å². The minimum Gasteiger partial charge on any atom is -0.444 e. The highest BCUT2D eigenvalue weighted by Gasteiger charge is 2.34. The fourth-order valence-electron chi connectivity index (χ4n) is 4.13. The van der Waals surface area contributed by atoms with Gasteiger partial charge >= 0.3 is 12.2 Å². The lowest BCUT2D eigenvalue weighted by Gasteiger charge is -2.26. The van der Waals surface area contributed by atoms with Crippen molar-refractivity contribution in [1.29, 1.82) is 0 Å². The molecule has 2 amide bonds. The van der Waals surface area contributed by atoms with E-state index in [4.69, 9.17) is 18.9 Å². The number of methoxy groups -OCH3 is 1. The van der Waals surface area contributed by atoms with E-state index in [0.717, 1.165) is 11.3 Å². The molecule has 1 aliphatic heterocycles. The summed E-state index contributed by atoms with van der Waals surface area (Å²) in [5, 5.41) is 24.4. The number of aryl methyl sites for hydroxylation is 1. The van der Waals surface area contributed by atoms with Crippen molar-refractivity contribution in [3.63, 3.8) is 0 Å². The molecule has 1 aliphatic rings. The van der Waals surface area contributed by atoms with Crippen LogP contribution >= 0.6 is 27.3 Å². The molecule has 0 bridgehead atoms. The van der Waals surface area contributed by atoms with Crippen molar-refractivity contribution >= 4 is 50.1 Å². The summed E-state index contributed by atoms with van der Waals surface area (Å²) in [6.45, 7) is 10.9. The molecule has 0 radical (unpaired) electrons. The maximum atomic E-state index is 12.4. The van der Waals surface area contributed by atoms with Crippen molar-refractivity contribution in [3.05, 3.63) is 21.5 Å². The van der Waals surface area contributed by atoms with Gasteiger partial charge in [0.15, 0.2) is 10.1 Å². The Labute approximate surface area is 246 Å². The van der Waals surface area contributed by atoms with Gasteiger partial charge in [-0.05, 0) is 70.3 Å². The molecule has 1 saturated heterocycles. The summed E-state index contributed by atoms with van der Waals surface area (Å²) < 4.78 is 24.7. The van der Waals surface area contributed by atoms with Gasteiger partial charge in [-0.15, -0.1) is 0 Å². The van der Waals surface area contributed by atoms with Crippen molar-refractivity contribution < 1.29 is 33.6 Å². The molecular formula is C25H39BrN6O7S. The summed E-state index contributed by atoms with van der Waals surface area (Å²) in [4.78, 5) is 29.1. The summed E-state index contributed by atoms with van der Waals surface area (Å²) >= 11 is 4.47. The van der Waals surface area contributed by atoms with Crippen LogP contribution in [0.1, 0.15) is 78.1 Å². The van der Waals surface area contributed by atoms with Crippen LogP contribution in [0.15, 0.2) is 10.1 Å². The maximum absolute atomic E-state index is 12.4. The SMILES string of the molecule is CO[C@H]1CO[C@H](c2c(NC(O)c3nc(Br)sc3NC(=O)OC(C)(C)C)cnn2C)CC[C@H]1NC(=O)OC(C)(C)C. The Morgan fingerprint density at radius 1 is 1.18 bits per heavy atom. The summed E-state index contributed by atoms with van der Waals surface area (Å²) in [6, 6.07) is -0.325. The zero-order valence-corrected chi connectivity index (χ0v) is 26.4. The fourth-order valence-corrected chi connectivity index (χ4v) is 5.52. The first-order valence-electron chi connectivity index (χ1n) is 12.8. The monoisotopic (exact) mass is 646 g/mol. The van der Waals surface area contributed by atoms with Crippen LogP contribution in [-0.4, -0.2) is 69.1 Å². The smallest absolute Gasteiger partial charge is 0.412 e. The number of aromatic nitrogens is 3. The highest BCUT2D eigenvalue weighted by atomic mass is 79.9. The molecule has 4 N–H and O–H groups in total. The molecule has 40 heavy (non-hydrogen) atoms. The van der Waals surface area contributed by atoms with Crippen LogP contribution in [0.25, 0.3) is 0 Å². The van der Waals surface area contributed by atoms with Crippen LogP contribution in [0.5, 0.6) is 0 Å². The Bertz CT molecular complexity index is 1180. The molecule has 1 unspecified atom stereocenters. The first kappa shape index (κ1) is 32.1. The number of hydrogen-bond acceptors (Lipinski definition) is 11. The molecule has 3 rings (SSSR count). The second-order valence-electron chi connectivity index (χ2n) is 11.3. The van der Waals surface area contributed by atoms with E-state index in [1.165, 1.54) is 0 Å². The molecule has 0 saturated carbocycles. The zero-order valence-electron chi connectivity index (χ0n) is 24.0. The number of rotatable bonds is 7. The van der Waals surface area contributed by atoms with E-state index >= 15 is 0 Å². The molecule has 2 aromatic rings. The van der Waals surface area contributed by atoms with E-state index in [2.05, 4.69) is 42.0 Å². The Kier molecular flexibility index (Phi) is 10.4. The predicted molar refractivity (Wildman–Crippen MR) is 153 cm³/mol. The normalized spacial score (nSPS) is 20.8. The average Bonchev–Trinajstić information content (AvgIpc) is 3.27. The number of anilines is 2. The van der Waals surface area contributed by atoms with Crippen molar-refractivity contribution in [2.75, 3.05) is 24.4 Å². The summed E-state index contributed by atoms with van der Waals surface area (Å²) in [7, 11) is 3.35. The summed E-state index contributed by atoms with van der Waals surface area (Å²) in [6.07, 6.45) is -0.582. The number of aliphatic hydroxyl groups excluding tert-OH is 1. The average molecular weight is 648 g/mol. The number of alkyl carbamates (subject to hydrolysis) is 1. The van der Waals surface area contributed by atoms with Crippen molar-refractivity contribution in [2.45, 2.75) is 90.1 Å². The van der Waals surface area contributed by atoms with Gasteiger partial charge in [0, 0.05) is 14.2 Å². The Morgan fingerprint density at radius 3 is 2.45 bits per heavy atom. The molecule has 0 aliphatic carbocycles. The predicted octanol–water partition coefficient (Wildman–Crippen LogP) is 4.85. The van der Waals surface area contributed by atoms with E-state index < -0.39 is 35.7 Å². The van der Waals surface area contributed by atoms with Crippen LogP contribution in [-0.2, 0) is 26.0 Å². The first-order valence-corrected chi connectivity index (χ1v) is 14.4. The van der Waals surface area contributed by atoms with Crippen molar-refractivity contribution in [1.82, 2.24) is 20.1 Å². The number of thiazole rings is 1. The Balaban J connectivity index is 1.74. The molecule has 0 spiro atoms. The summed E-state index contributed by atoms with van der Waals surface area (Å²) in [5.41, 5.74) is 0.125. The molecule has 3 heterocycles. The first-order chi connectivity index (χ1) is 18.6. The number of amides is 2. The highest BCUT2D eigenvalue weighted by Crippen LogP contribution is 2.37. The number of carbonyl (C=O) groups is 2. The summed E-state index contributed by atoms with van der Waals surface area (Å²) in [5.74, 6) is 0. The van der Waals surface area contributed by atoms with Crippen LogP contribution < -0.4 is 16.0 Å². The fraction of sp³-hybridized carbons (Fsp3) is 0.680. The molecule has 0 aromatic carbocycles. The van der Waals surface area contributed by atoms with E-state index in [1.54, 1.807) is 66.6 Å². The highest BCUT2D eigenvalue weighted by molar-refractivity contribution is 9.11. The molecular weight excluding hydrogens is 608 g/mol. The largest absolute Gasteiger partial charge is 0.444 e. The Hall–Kier alpha value is -2.46. The van der Waals surface area contributed by atoms with Crippen molar-refractivity contribution in [2.24, 2.45) is 7.05 Å². The molecule has 1 fully saturated rings. The minimum atomic E-state index is -1.28. The second kappa shape index (κ2) is 13.0. The zero-order chi connectivity index (χ0) is 29.8. The lowest BCUT2D eigenvalue weighted by Crippen LogP contribution is -2.46. The van der Waals surface area contributed by atoms with E-state index in [9.17, 15) is 14.7 Å². The topological polar surface area (TPSA) is 158 Å². The third-order valence-corrected chi connectivity index (χ3v) is 7.18. The molecule has 15 heteroatoms. The van der Waals surface area contributed by atoms with Gasteiger partial charge in [-0.3, -0.25) is 10.00 Å². The van der Waals surface area contributed by atoms with Gasteiger partial charge in [0.05, 0.1) is 30.2 Å². The van der Waals surface area contributed by atoms with Gasteiger partial charge in [0.2, 0.25) is 0 Å². The number of ether oxygens (including phenoxy) is 4. The second-order valence-corrected chi connectivity index (χ2v) is 13.6. The number of hydrogen-bond donors (Lipinski definition) is 4.